The third kappa shape index (κ3) is 10.0. The minimum Gasteiger partial charge on any atom is -0.461 e. The lowest BCUT2D eigenvalue weighted by Gasteiger charge is -2.24. The number of Topliss-reactive ketones (excluding diaryl/α,β-unsaturated/α-hetero) is 1. The summed E-state index contributed by atoms with van der Waals surface area (Å²) in [6.07, 6.45) is 12.5. The fourth-order valence-corrected chi connectivity index (χ4v) is 6.79. The summed E-state index contributed by atoms with van der Waals surface area (Å²) < 4.78 is 34.0. The Balaban J connectivity index is 1.41. The molecule has 0 saturated carbocycles. The van der Waals surface area contributed by atoms with Crippen LogP contribution in [0.4, 0.5) is 10.5 Å². The molecule has 258 valence electrons. The molecule has 3 aromatic rings. The van der Waals surface area contributed by atoms with Crippen molar-refractivity contribution in [2.24, 2.45) is 0 Å². The Bertz CT molecular complexity index is 1650. The lowest BCUT2D eigenvalue weighted by Crippen LogP contribution is -2.52. The maximum Gasteiger partial charge on any atom is 0.328 e. The molecule has 1 aliphatic rings. The number of nitrogens with one attached hydrogen (secondary N) is 2. The van der Waals surface area contributed by atoms with Crippen LogP contribution in [0.25, 0.3) is 0 Å². The molecule has 1 saturated heterocycles. The van der Waals surface area contributed by atoms with Gasteiger partial charge in [-0.05, 0) is 42.3 Å². The molecule has 0 radical (unpaired) electrons. The number of rotatable bonds is 20. The fraction of sp³-hybridized carbons (Fsp3) is 0.429. The number of hydrogen-bond acceptors (Lipinski definition) is 7. The van der Waals surface area contributed by atoms with E-state index in [1.807, 2.05) is 6.07 Å². The van der Waals surface area contributed by atoms with Gasteiger partial charge in [-0.2, -0.15) is 0 Å². The van der Waals surface area contributed by atoms with E-state index in [0.29, 0.717) is 11.3 Å². The van der Waals surface area contributed by atoms with Crippen molar-refractivity contribution in [3.8, 4) is 0 Å². The Labute approximate surface area is 287 Å². The van der Waals surface area contributed by atoms with Gasteiger partial charge in [0.15, 0.2) is 11.8 Å². The molecule has 0 aliphatic carbocycles. The second kappa shape index (κ2) is 18.0. The van der Waals surface area contributed by atoms with E-state index in [4.69, 9.17) is 16.0 Å². The molecule has 2 heterocycles. The molecule has 13 heteroatoms. The zero-order valence-electron chi connectivity index (χ0n) is 27.2. The van der Waals surface area contributed by atoms with Gasteiger partial charge < -0.3 is 14.6 Å². The number of imide groups is 1. The van der Waals surface area contributed by atoms with E-state index in [2.05, 4.69) is 17.0 Å². The molecule has 1 fully saturated rings. The van der Waals surface area contributed by atoms with Crippen LogP contribution in [0.5, 0.6) is 0 Å². The second-order valence-corrected chi connectivity index (χ2v) is 14.0. The van der Waals surface area contributed by atoms with Crippen molar-refractivity contribution in [3.05, 3.63) is 83.3 Å². The van der Waals surface area contributed by atoms with Crippen molar-refractivity contribution in [1.82, 2.24) is 14.5 Å². The lowest BCUT2D eigenvalue weighted by atomic mass is 10.1. The quantitative estimate of drug-likeness (QED) is 0.0572. The number of unbranched alkanes of at least 4 members (excludes halogenated alkanes) is 9. The molecule has 11 nitrogen and oxygen atoms in total. The summed E-state index contributed by atoms with van der Waals surface area (Å²) >= 11 is 6.34. The Morgan fingerprint density at radius 2 is 1.56 bits per heavy atom. The summed E-state index contributed by atoms with van der Waals surface area (Å²) in [6.45, 7) is 2.19. The molecule has 0 spiro atoms. The van der Waals surface area contributed by atoms with Gasteiger partial charge in [0.1, 0.15) is 6.54 Å². The van der Waals surface area contributed by atoms with Crippen LogP contribution in [0.15, 0.2) is 76.2 Å². The Kier molecular flexibility index (Phi) is 13.8. The lowest BCUT2D eigenvalue weighted by molar-refractivity contribution is -0.131. The SMILES string of the molecule is CCCCCCCCCCCCNS(=O)(=O)c1ccc(Cl)c(NC(=O)C(C(=O)c2ccco2)N2C(=O)CN(Cc3ccccc3)C2=O)c1. The predicted octanol–water partition coefficient (Wildman–Crippen LogP) is 6.79. The van der Waals surface area contributed by atoms with Crippen molar-refractivity contribution in [2.75, 3.05) is 18.4 Å². The fourth-order valence-electron chi connectivity index (χ4n) is 5.53. The van der Waals surface area contributed by atoms with Crippen LogP contribution in [0, 0.1) is 0 Å². The van der Waals surface area contributed by atoms with Crippen molar-refractivity contribution in [2.45, 2.75) is 88.6 Å². The summed E-state index contributed by atoms with van der Waals surface area (Å²) in [4.78, 5) is 55.5. The highest BCUT2D eigenvalue weighted by Crippen LogP contribution is 2.27. The average molecular weight is 699 g/mol. The van der Waals surface area contributed by atoms with Crippen LogP contribution in [0.1, 0.15) is 87.3 Å². The highest BCUT2D eigenvalue weighted by Gasteiger charge is 2.47. The summed E-state index contributed by atoms with van der Waals surface area (Å²) in [5.74, 6) is -2.99. The first-order valence-electron chi connectivity index (χ1n) is 16.4. The summed E-state index contributed by atoms with van der Waals surface area (Å²) in [6, 6.07) is 12.7. The predicted molar refractivity (Wildman–Crippen MR) is 183 cm³/mol. The number of anilines is 1. The maximum absolute atomic E-state index is 13.7. The van der Waals surface area contributed by atoms with E-state index in [9.17, 15) is 27.6 Å². The van der Waals surface area contributed by atoms with Gasteiger partial charge >= 0.3 is 6.03 Å². The van der Waals surface area contributed by atoms with Crippen molar-refractivity contribution >= 4 is 50.9 Å². The van der Waals surface area contributed by atoms with E-state index in [-0.39, 0.29) is 41.0 Å². The van der Waals surface area contributed by atoms with Gasteiger partial charge in [-0.15, -0.1) is 0 Å². The van der Waals surface area contributed by atoms with E-state index < -0.39 is 39.7 Å². The molecule has 4 amide bonds. The number of hydrogen-bond donors (Lipinski definition) is 2. The monoisotopic (exact) mass is 698 g/mol. The summed E-state index contributed by atoms with van der Waals surface area (Å²) in [5, 5.41) is 2.46. The topological polar surface area (TPSA) is 146 Å². The Morgan fingerprint density at radius 3 is 2.21 bits per heavy atom. The number of urea groups is 1. The summed E-state index contributed by atoms with van der Waals surface area (Å²) in [5.41, 5.74) is 0.645. The zero-order valence-corrected chi connectivity index (χ0v) is 28.7. The highest BCUT2D eigenvalue weighted by molar-refractivity contribution is 7.89. The number of nitrogens with zero attached hydrogens (tertiary/aromatic N) is 2. The maximum atomic E-state index is 13.7. The molecule has 1 aromatic heterocycles. The van der Waals surface area contributed by atoms with Crippen LogP contribution < -0.4 is 10.0 Å². The van der Waals surface area contributed by atoms with Crippen molar-refractivity contribution in [3.63, 3.8) is 0 Å². The molecule has 0 bridgehead atoms. The third-order valence-corrected chi connectivity index (χ3v) is 9.92. The first-order valence-corrected chi connectivity index (χ1v) is 18.3. The van der Waals surface area contributed by atoms with Crippen LogP contribution in [-0.2, 0) is 26.2 Å². The number of furan rings is 1. The van der Waals surface area contributed by atoms with Crippen molar-refractivity contribution in [1.29, 1.82) is 0 Å². The number of amides is 4. The number of carbonyl (C=O) groups excluding carboxylic acids is 4. The first kappa shape index (κ1) is 36.8. The van der Waals surface area contributed by atoms with E-state index in [1.165, 1.54) is 80.0 Å². The van der Waals surface area contributed by atoms with Crippen LogP contribution >= 0.6 is 11.6 Å². The second-order valence-electron chi connectivity index (χ2n) is 11.8. The number of benzene rings is 2. The van der Waals surface area contributed by atoms with Crippen molar-refractivity contribution < 1.29 is 32.0 Å². The molecule has 4 rings (SSSR count). The Hall–Kier alpha value is -4.00. The standard InChI is InChI=1S/C35H43ClN4O7S/c1-2-3-4-5-6-7-8-9-10-14-21-37-48(45,46)27-19-20-28(36)29(23-27)38-34(43)32(33(42)30-18-15-22-47-30)40-31(41)25-39(35(40)44)24-26-16-12-11-13-17-26/h11-13,15-20,22-23,32,37H,2-10,14,21,24-25H2,1H3,(H,38,43). The zero-order chi connectivity index (χ0) is 34.5. The Morgan fingerprint density at radius 1 is 0.896 bits per heavy atom. The van der Waals surface area contributed by atoms with Gasteiger partial charge in [-0.25, -0.2) is 22.8 Å². The van der Waals surface area contributed by atoms with E-state index in [1.54, 1.807) is 24.3 Å². The molecule has 1 atom stereocenters. The first-order chi connectivity index (χ1) is 23.1. The van der Waals surface area contributed by atoms with Crippen LogP contribution in [0.3, 0.4) is 0 Å². The highest BCUT2D eigenvalue weighted by atomic mass is 35.5. The molecule has 48 heavy (non-hydrogen) atoms. The van der Waals surface area contributed by atoms with E-state index in [0.717, 1.165) is 24.8 Å². The minimum atomic E-state index is -3.96. The van der Waals surface area contributed by atoms with Gasteiger partial charge in [0, 0.05) is 13.1 Å². The number of halogens is 1. The van der Waals surface area contributed by atoms with Gasteiger partial charge in [0.05, 0.1) is 21.9 Å². The normalized spacial score (nSPS) is 14.0. The van der Waals surface area contributed by atoms with Crippen LogP contribution in [0.2, 0.25) is 5.02 Å². The molecule has 2 N–H and O–H groups in total. The molecule has 1 aliphatic heterocycles. The number of carbonyl (C=O) groups is 4. The molecular weight excluding hydrogens is 656 g/mol. The third-order valence-electron chi connectivity index (χ3n) is 8.14. The summed E-state index contributed by atoms with van der Waals surface area (Å²) in [7, 11) is -3.96. The minimum absolute atomic E-state index is 0.00836. The largest absolute Gasteiger partial charge is 0.461 e. The van der Waals surface area contributed by atoms with Crippen LogP contribution in [-0.4, -0.2) is 61.0 Å². The van der Waals surface area contributed by atoms with Gasteiger partial charge in [0.2, 0.25) is 15.8 Å². The van der Waals surface area contributed by atoms with E-state index >= 15 is 0 Å². The molecule has 1 unspecified atom stereocenters. The number of ketones is 1. The number of sulfonamides is 1. The molecule has 2 aromatic carbocycles. The smallest absolute Gasteiger partial charge is 0.328 e. The average Bonchev–Trinajstić information content (AvgIpc) is 3.70. The van der Waals surface area contributed by atoms with Gasteiger partial charge in [0.25, 0.3) is 11.8 Å². The van der Waals surface area contributed by atoms with Gasteiger partial charge in [-0.1, -0.05) is 107 Å². The van der Waals surface area contributed by atoms with Gasteiger partial charge in [-0.3, -0.25) is 14.4 Å². The molecular formula is C35H43ClN4O7S.